The Morgan fingerprint density at radius 1 is 1.10 bits per heavy atom. The van der Waals surface area contributed by atoms with Crippen LogP contribution in [0.15, 0.2) is 67.0 Å². The van der Waals surface area contributed by atoms with Crippen molar-refractivity contribution >= 4 is 11.6 Å². The average molecular weight is 387 g/mol. The van der Waals surface area contributed by atoms with Crippen LogP contribution in [-0.2, 0) is 19.4 Å². The zero-order chi connectivity index (χ0) is 20.1. The van der Waals surface area contributed by atoms with Gasteiger partial charge in [0.15, 0.2) is 0 Å². The summed E-state index contributed by atoms with van der Waals surface area (Å²) >= 11 is 0. The molecule has 5 nitrogen and oxygen atoms in total. The second kappa shape index (κ2) is 8.78. The highest BCUT2D eigenvalue weighted by molar-refractivity contribution is 5.94. The van der Waals surface area contributed by atoms with Gasteiger partial charge >= 0.3 is 0 Å². The molecule has 0 bridgehead atoms. The van der Waals surface area contributed by atoms with Crippen molar-refractivity contribution in [3.8, 4) is 5.75 Å². The van der Waals surface area contributed by atoms with Crippen molar-refractivity contribution in [3.63, 3.8) is 0 Å². The monoisotopic (exact) mass is 387 g/mol. The summed E-state index contributed by atoms with van der Waals surface area (Å²) in [4.78, 5) is 19.2. The van der Waals surface area contributed by atoms with Crippen molar-refractivity contribution in [1.29, 1.82) is 0 Å². The summed E-state index contributed by atoms with van der Waals surface area (Å²) in [6.07, 6.45) is 5.18. The van der Waals surface area contributed by atoms with Gasteiger partial charge < -0.3 is 15.0 Å². The molecular formula is C24H25N3O2. The maximum Gasteiger partial charge on any atom is 0.252 e. The Balaban J connectivity index is 1.39. The van der Waals surface area contributed by atoms with E-state index in [-0.39, 0.29) is 5.91 Å². The van der Waals surface area contributed by atoms with E-state index < -0.39 is 0 Å². The number of hydrogen-bond acceptors (Lipinski definition) is 4. The summed E-state index contributed by atoms with van der Waals surface area (Å²) in [6, 6.07) is 18.3. The molecule has 1 aromatic heterocycles. The van der Waals surface area contributed by atoms with Crippen LogP contribution in [0.5, 0.6) is 5.75 Å². The van der Waals surface area contributed by atoms with Crippen molar-refractivity contribution in [1.82, 2.24) is 10.3 Å². The zero-order valence-corrected chi connectivity index (χ0v) is 16.6. The molecule has 2 heterocycles. The molecule has 0 spiro atoms. The zero-order valence-electron chi connectivity index (χ0n) is 16.6. The number of aromatic nitrogens is 1. The van der Waals surface area contributed by atoms with Crippen LogP contribution in [0, 0.1) is 0 Å². The molecule has 1 amide bonds. The van der Waals surface area contributed by atoms with Crippen LogP contribution < -0.4 is 15.0 Å². The lowest BCUT2D eigenvalue weighted by Crippen LogP contribution is -2.31. The molecule has 1 aliphatic rings. The number of benzene rings is 2. The van der Waals surface area contributed by atoms with Crippen LogP contribution >= 0.6 is 0 Å². The summed E-state index contributed by atoms with van der Waals surface area (Å²) in [7, 11) is 1.66. The second-order valence-electron chi connectivity index (χ2n) is 7.19. The number of methoxy groups -OCH3 is 1. The minimum atomic E-state index is -0.105. The first-order valence-electron chi connectivity index (χ1n) is 9.91. The van der Waals surface area contributed by atoms with Gasteiger partial charge in [0.05, 0.1) is 24.6 Å². The third-order valence-electron chi connectivity index (χ3n) is 5.35. The number of pyridine rings is 1. The molecule has 3 aromatic rings. The fraction of sp³-hybridized carbons (Fsp3) is 0.250. The number of fused-ring (bicyclic) bond motifs is 1. The van der Waals surface area contributed by atoms with Crippen molar-refractivity contribution in [2.45, 2.75) is 19.4 Å². The highest BCUT2D eigenvalue weighted by atomic mass is 16.5. The minimum absolute atomic E-state index is 0.105. The summed E-state index contributed by atoms with van der Waals surface area (Å²) in [5.41, 5.74) is 5.39. The molecule has 1 N–H and O–H groups in total. The van der Waals surface area contributed by atoms with Gasteiger partial charge in [0.1, 0.15) is 5.75 Å². The number of anilines is 1. The van der Waals surface area contributed by atoms with E-state index in [9.17, 15) is 4.79 Å². The van der Waals surface area contributed by atoms with E-state index in [1.807, 2.05) is 36.5 Å². The molecule has 0 fully saturated rings. The molecule has 1 aliphatic heterocycles. The Labute approximate surface area is 171 Å². The normalized spacial score (nSPS) is 12.9. The number of hydrogen-bond donors (Lipinski definition) is 1. The minimum Gasteiger partial charge on any atom is -0.496 e. The third-order valence-corrected chi connectivity index (χ3v) is 5.35. The van der Waals surface area contributed by atoms with Gasteiger partial charge in [-0.25, -0.2) is 0 Å². The van der Waals surface area contributed by atoms with Gasteiger partial charge in [0.2, 0.25) is 0 Å². The van der Waals surface area contributed by atoms with Gasteiger partial charge in [-0.15, -0.1) is 0 Å². The smallest absolute Gasteiger partial charge is 0.252 e. The van der Waals surface area contributed by atoms with Gasteiger partial charge in [0, 0.05) is 25.8 Å². The highest BCUT2D eigenvalue weighted by Crippen LogP contribution is 2.24. The number of carbonyl (C=O) groups excluding carboxylic acids is 1. The summed E-state index contributed by atoms with van der Waals surface area (Å²) in [5, 5.41) is 2.99. The largest absolute Gasteiger partial charge is 0.496 e. The number of ether oxygens (including phenoxy) is 1. The first-order chi connectivity index (χ1) is 14.2. The molecule has 0 saturated carbocycles. The number of amides is 1. The van der Waals surface area contributed by atoms with Crippen LogP contribution in [0.1, 0.15) is 27.0 Å². The SMILES string of the molecule is COc1ccccc1CCNC(=O)c1cncc(N2CCc3ccccc3C2)c1. The average Bonchev–Trinajstić information content (AvgIpc) is 2.79. The Morgan fingerprint density at radius 2 is 1.90 bits per heavy atom. The Hall–Kier alpha value is -3.34. The molecule has 0 aliphatic carbocycles. The van der Waals surface area contributed by atoms with Crippen LogP contribution in [0.2, 0.25) is 0 Å². The van der Waals surface area contributed by atoms with Crippen LogP contribution in [0.25, 0.3) is 0 Å². The number of rotatable bonds is 6. The predicted octanol–water partition coefficient (Wildman–Crippen LogP) is 3.63. The predicted molar refractivity (Wildman–Crippen MR) is 114 cm³/mol. The molecule has 2 aromatic carbocycles. The summed E-state index contributed by atoms with van der Waals surface area (Å²) in [6.45, 7) is 2.31. The quantitative estimate of drug-likeness (QED) is 0.702. The molecule has 29 heavy (non-hydrogen) atoms. The number of para-hydroxylation sites is 1. The Kier molecular flexibility index (Phi) is 5.75. The number of carbonyl (C=O) groups is 1. The van der Waals surface area contributed by atoms with E-state index in [1.165, 1.54) is 11.1 Å². The van der Waals surface area contributed by atoms with Gasteiger partial charge in [-0.05, 0) is 41.7 Å². The second-order valence-corrected chi connectivity index (χ2v) is 7.19. The van der Waals surface area contributed by atoms with E-state index >= 15 is 0 Å². The summed E-state index contributed by atoms with van der Waals surface area (Å²) in [5.74, 6) is 0.738. The Bertz CT molecular complexity index is 1000. The van der Waals surface area contributed by atoms with E-state index in [2.05, 4.69) is 39.5 Å². The first kappa shape index (κ1) is 19.0. The van der Waals surface area contributed by atoms with Gasteiger partial charge in [-0.1, -0.05) is 42.5 Å². The van der Waals surface area contributed by atoms with Crippen LogP contribution in [-0.4, -0.2) is 31.1 Å². The topological polar surface area (TPSA) is 54.5 Å². The number of nitrogens with one attached hydrogen (secondary N) is 1. The standard InChI is InChI=1S/C24H25N3O2/c1-29-23-9-5-4-7-19(23)10-12-26-24(28)21-14-22(16-25-15-21)27-13-11-18-6-2-3-8-20(18)17-27/h2-9,14-16H,10-13,17H2,1H3,(H,26,28). The molecule has 0 saturated heterocycles. The molecule has 0 atom stereocenters. The molecule has 4 rings (SSSR count). The molecule has 5 heteroatoms. The molecule has 0 unspecified atom stereocenters. The number of nitrogens with zero attached hydrogens (tertiary/aromatic N) is 2. The van der Waals surface area contributed by atoms with E-state index in [0.29, 0.717) is 18.5 Å². The van der Waals surface area contributed by atoms with E-state index in [0.717, 1.165) is 36.5 Å². The third kappa shape index (κ3) is 4.40. The molecular weight excluding hydrogens is 362 g/mol. The molecule has 148 valence electrons. The van der Waals surface area contributed by atoms with Gasteiger partial charge in [0.25, 0.3) is 5.91 Å². The van der Waals surface area contributed by atoms with Crippen molar-refractivity contribution in [2.24, 2.45) is 0 Å². The van der Waals surface area contributed by atoms with Crippen molar-refractivity contribution in [2.75, 3.05) is 25.1 Å². The van der Waals surface area contributed by atoms with Crippen molar-refractivity contribution in [3.05, 3.63) is 89.2 Å². The van der Waals surface area contributed by atoms with Gasteiger partial charge in [-0.2, -0.15) is 0 Å². The lowest BCUT2D eigenvalue weighted by Gasteiger charge is -2.30. The van der Waals surface area contributed by atoms with Crippen molar-refractivity contribution < 1.29 is 9.53 Å². The Morgan fingerprint density at radius 3 is 2.76 bits per heavy atom. The van der Waals surface area contributed by atoms with E-state index in [1.54, 1.807) is 13.3 Å². The fourth-order valence-corrected chi connectivity index (χ4v) is 3.76. The van der Waals surface area contributed by atoms with Crippen LogP contribution in [0.4, 0.5) is 5.69 Å². The van der Waals surface area contributed by atoms with E-state index in [4.69, 9.17) is 4.74 Å². The molecule has 0 radical (unpaired) electrons. The lowest BCUT2D eigenvalue weighted by atomic mass is 9.99. The maximum atomic E-state index is 12.6. The fourth-order valence-electron chi connectivity index (χ4n) is 3.76. The summed E-state index contributed by atoms with van der Waals surface area (Å²) < 4.78 is 5.37. The maximum absolute atomic E-state index is 12.6. The first-order valence-corrected chi connectivity index (χ1v) is 9.91. The van der Waals surface area contributed by atoms with Gasteiger partial charge in [-0.3, -0.25) is 9.78 Å². The van der Waals surface area contributed by atoms with Crippen LogP contribution in [0.3, 0.4) is 0 Å². The lowest BCUT2D eigenvalue weighted by molar-refractivity contribution is 0.0953. The highest BCUT2D eigenvalue weighted by Gasteiger charge is 2.17.